The first-order valence-electron chi connectivity index (χ1n) is 10.0. The van der Waals surface area contributed by atoms with Crippen molar-refractivity contribution in [3.8, 4) is 0 Å². The SMILES string of the molecule is O=C(NCC(=O)N1CCC(C(=O)NC2CCCCC2)CC1)c1ccccc1. The summed E-state index contributed by atoms with van der Waals surface area (Å²) in [6, 6.07) is 9.20. The minimum atomic E-state index is -0.245. The van der Waals surface area contributed by atoms with Gasteiger partial charge in [0.15, 0.2) is 0 Å². The van der Waals surface area contributed by atoms with E-state index < -0.39 is 0 Å². The Bertz CT molecular complexity index is 648. The summed E-state index contributed by atoms with van der Waals surface area (Å²) >= 11 is 0. The third-order valence-corrected chi connectivity index (χ3v) is 5.61. The highest BCUT2D eigenvalue weighted by Crippen LogP contribution is 2.21. The van der Waals surface area contributed by atoms with Gasteiger partial charge in [0, 0.05) is 30.6 Å². The molecule has 1 heterocycles. The van der Waals surface area contributed by atoms with E-state index in [4.69, 9.17) is 0 Å². The molecule has 2 N–H and O–H groups in total. The molecule has 2 aliphatic rings. The van der Waals surface area contributed by atoms with E-state index in [0.717, 1.165) is 12.8 Å². The van der Waals surface area contributed by atoms with E-state index in [1.54, 1.807) is 29.2 Å². The maximum Gasteiger partial charge on any atom is 0.251 e. The van der Waals surface area contributed by atoms with E-state index >= 15 is 0 Å². The molecule has 1 aliphatic heterocycles. The van der Waals surface area contributed by atoms with Crippen LogP contribution in [0.3, 0.4) is 0 Å². The average molecular weight is 371 g/mol. The van der Waals surface area contributed by atoms with E-state index in [1.807, 2.05) is 6.07 Å². The highest BCUT2D eigenvalue weighted by molar-refractivity contribution is 5.96. The normalized spacial score (nSPS) is 18.7. The third-order valence-electron chi connectivity index (χ3n) is 5.61. The van der Waals surface area contributed by atoms with Gasteiger partial charge >= 0.3 is 0 Å². The van der Waals surface area contributed by atoms with Crippen molar-refractivity contribution >= 4 is 17.7 Å². The van der Waals surface area contributed by atoms with E-state index in [2.05, 4.69) is 10.6 Å². The highest BCUT2D eigenvalue weighted by Gasteiger charge is 2.28. The summed E-state index contributed by atoms with van der Waals surface area (Å²) in [4.78, 5) is 38.6. The number of likely N-dealkylation sites (tertiary alicyclic amines) is 1. The molecule has 3 rings (SSSR count). The van der Waals surface area contributed by atoms with Gasteiger partial charge in [-0.25, -0.2) is 0 Å². The van der Waals surface area contributed by atoms with Gasteiger partial charge in [-0.05, 0) is 37.8 Å². The van der Waals surface area contributed by atoms with E-state index in [0.29, 0.717) is 37.5 Å². The van der Waals surface area contributed by atoms with Crippen LogP contribution in [0.25, 0.3) is 0 Å². The van der Waals surface area contributed by atoms with Gasteiger partial charge in [-0.2, -0.15) is 0 Å². The number of hydrogen-bond donors (Lipinski definition) is 2. The van der Waals surface area contributed by atoms with Crippen molar-refractivity contribution in [2.45, 2.75) is 51.0 Å². The monoisotopic (exact) mass is 371 g/mol. The minimum Gasteiger partial charge on any atom is -0.353 e. The van der Waals surface area contributed by atoms with Crippen LogP contribution in [-0.4, -0.2) is 48.3 Å². The van der Waals surface area contributed by atoms with Crippen molar-refractivity contribution < 1.29 is 14.4 Å². The molecule has 6 nitrogen and oxygen atoms in total. The smallest absolute Gasteiger partial charge is 0.251 e. The summed E-state index contributed by atoms with van der Waals surface area (Å²) in [5, 5.41) is 5.87. The molecule has 1 aromatic rings. The van der Waals surface area contributed by atoms with E-state index in [9.17, 15) is 14.4 Å². The predicted octanol–water partition coefficient (Wildman–Crippen LogP) is 2.10. The molecular weight excluding hydrogens is 342 g/mol. The number of nitrogens with zero attached hydrogens (tertiary/aromatic N) is 1. The molecule has 1 saturated carbocycles. The summed E-state index contributed by atoms with van der Waals surface area (Å²) in [7, 11) is 0. The quantitative estimate of drug-likeness (QED) is 0.832. The zero-order valence-corrected chi connectivity index (χ0v) is 15.8. The van der Waals surface area contributed by atoms with Crippen molar-refractivity contribution in [2.24, 2.45) is 5.92 Å². The van der Waals surface area contributed by atoms with Gasteiger partial charge in [0.2, 0.25) is 11.8 Å². The standard InChI is InChI=1S/C21H29N3O3/c25-19(15-22-20(26)16-7-3-1-4-8-16)24-13-11-17(12-14-24)21(27)23-18-9-5-2-6-10-18/h1,3-4,7-8,17-18H,2,5-6,9-15H2,(H,22,26)(H,23,27). The van der Waals surface area contributed by atoms with Crippen LogP contribution in [0.4, 0.5) is 0 Å². The molecule has 0 bridgehead atoms. The molecule has 1 aliphatic carbocycles. The Morgan fingerprint density at radius 2 is 1.59 bits per heavy atom. The maximum atomic E-state index is 12.4. The average Bonchev–Trinajstić information content (AvgIpc) is 2.73. The molecule has 1 saturated heterocycles. The fraction of sp³-hybridized carbons (Fsp3) is 0.571. The van der Waals surface area contributed by atoms with Crippen LogP contribution in [0, 0.1) is 5.92 Å². The van der Waals surface area contributed by atoms with Crippen LogP contribution in [0.1, 0.15) is 55.3 Å². The molecule has 0 aromatic heterocycles. The number of piperidine rings is 1. The van der Waals surface area contributed by atoms with E-state index in [1.165, 1.54) is 19.3 Å². The van der Waals surface area contributed by atoms with Crippen LogP contribution < -0.4 is 10.6 Å². The van der Waals surface area contributed by atoms with Gasteiger partial charge in [-0.1, -0.05) is 37.5 Å². The summed E-state index contributed by atoms with van der Waals surface area (Å²) in [5.41, 5.74) is 0.545. The van der Waals surface area contributed by atoms with E-state index in [-0.39, 0.29) is 30.2 Å². The van der Waals surface area contributed by atoms with Crippen LogP contribution in [0.5, 0.6) is 0 Å². The van der Waals surface area contributed by atoms with Gasteiger partial charge in [0.05, 0.1) is 6.54 Å². The second kappa shape index (κ2) is 9.53. The first-order chi connectivity index (χ1) is 13.1. The lowest BCUT2D eigenvalue weighted by Gasteiger charge is -2.33. The zero-order valence-electron chi connectivity index (χ0n) is 15.8. The molecule has 1 aromatic carbocycles. The number of nitrogens with one attached hydrogen (secondary N) is 2. The van der Waals surface area contributed by atoms with Gasteiger partial charge < -0.3 is 15.5 Å². The lowest BCUT2D eigenvalue weighted by atomic mass is 9.92. The molecule has 27 heavy (non-hydrogen) atoms. The molecule has 0 atom stereocenters. The van der Waals surface area contributed by atoms with Crippen LogP contribution in [0.15, 0.2) is 30.3 Å². The Hall–Kier alpha value is -2.37. The van der Waals surface area contributed by atoms with Gasteiger partial charge in [0.25, 0.3) is 5.91 Å². The number of carbonyl (C=O) groups excluding carboxylic acids is 3. The van der Waals surface area contributed by atoms with Gasteiger partial charge in [-0.3, -0.25) is 14.4 Å². The number of carbonyl (C=O) groups is 3. The highest BCUT2D eigenvalue weighted by atomic mass is 16.2. The number of benzene rings is 1. The Morgan fingerprint density at radius 1 is 0.926 bits per heavy atom. The fourth-order valence-corrected chi connectivity index (χ4v) is 3.92. The Kier molecular flexibility index (Phi) is 6.85. The van der Waals surface area contributed by atoms with Crippen molar-refractivity contribution in [1.82, 2.24) is 15.5 Å². The Balaban J connectivity index is 1.38. The molecule has 3 amide bonds. The molecule has 6 heteroatoms. The number of amides is 3. The molecule has 146 valence electrons. The lowest BCUT2D eigenvalue weighted by Crippen LogP contribution is -2.47. The Labute approximate surface area is 160 Å². The van der Waals surface area contributed by atoms with Crippen LogP contribution in [0.2, 0.25) is 0 Å². The molecular formula is C21H29N3O3. The fourth-order valence-electron chi connectivity index (χ4n) is 3.92. The van der Waals surface area contributed by atoms with Crippen LogP contribution >= 0.6 is 0 Å². The molecule has 0 spiro atoms. The summed E-state index contributed by atoms with van der Waals surface area (Å²) < 4.78 is 0. The van der Waals surface area contributed by atoms with Gasteiger partial charge in [0.1, 0.15) is 0 Å². The first-order valence-corrected chi connectivity index (χ1v) is 10.0. The van der Waals surface area contributed by atoms with Crippen molar-refractivity contribution in [3.05, 3.63) is 35.9 Å². The van der Waals surface area contributed by atoms with Crippen LogP contribution in [-0.2, 0) is 9.59 Å². The zero-order chi connectivity index (χ0) is 19.1. The molecule has 0 radical (unpaired) electrons. The summed E-state index contributed by atoms with van der Waals surface area (Å²) in [6.07, 6.45) is 7.23. The largest absolute Gasteiger partial charge is 0.353 e. The topological polar surface area (TPSA) is 78.5 Å². The van der Waals surface area contributed by atoms with Gasteiger partial charge in [-0.15, -0.1) is 0 Å². The van der Waals surface area contributed by atoms with Crippen molar-refractivity contribution in [1.29, 1.82) is 0 Å². The first kappa shape index (κ1) is 19.4. The number of rotatable bonds is 5. The Morgan fingerprint density at radius 3 is 2.26 bits per heavy atom. The predicted molar refractivity (Wildman–Crippen MR) is 103 cm³/mol. The molecule has 2 fully saturated rings. The maximum absolute atomic E-state index is 12.4. The summed E-state index contributed by atoms with van der Waals surface area (Å²) in [5.74, 6) is -0.197. The minimum absolute atomic E-state index is 0.00473. The lowest BCUT2D eigenvalue weighted by molar-refractivity contribution is -0.135. The third kappa shape index (κ3) is 5.55. The number of hydrogen-bond acceptors (Lipinski definition) is 3. The summed E-state index contributed by atoms with van der Waals surface area (Å²) in [6.45, 7) is 1.14. The molecule has 0 unspecified atom stereocenters. The van der Waals surface area contributed by atoms with Crippen molar-refractivity contribution in [3.63, 3.8) is 0 Å². The second-order valence-corrected chi connectivity index (χ2v) is 7.55. The van der Waals surface area contributed by atoms with Crippen molar-refractivity contribution in [2.75, 3.05) is 19.6 Å². The second-order valence-electron chi connectivity index (χ2n) is 7.55.